The van der Waals surface area contributed by atoms with Crippen LogP contribution in [0.5, 0.6) is 5.75 Å². The summed E-state index contributed by atoms with van der Waals surface area (Å²) in [6.45, 7) is 0. The predicted molar refractivity (Wildman–Crippen MR) is 61.0 cm³/mol. The highest BCUT2D eigenvalue weighted by atomic mass is 35.5. The molecule has 1 heterocycles. The number of benzene rings is 1. The zero-order chi connectivity index (χ0) is 12.4. The van der Waals surface area contributed by atoms with E-state index in [0.717, 1.165) is 0 Å². The van der Waals surface area contributed by atoms with E-state index < -0.39 is 5.82 Å². The van der Waals surface area contributed by atoms with Crippen molar-refractivity contribution in [2.24, 2.45) is 0 Å². The minimum absolute atomic E-state index is 0.0177. The van der Waals surface area contributed by atoms with Crippen LogP contribution in [0.15, 0.2) is 30.5 Å². The van der Waals surface area contributed by atoms with Crippen molar-refractivity contribution in [3.63, 3.8) is 0 Å². The highest BCUT2D eigenvalue weighted by Crippen LogP contribution is 2.26. The predicted octanol–water partition coefficient (Wildman–Crippen LogP) is 3.12. The van der Waals surface area contributed by atoms with E-state index in [4.69, 9.17) is 16.9 Å². The van der Waals surface area contributed by atoms with Gasteiger partial charge in [0.2, 0.25) is 0 Å². The van der Waals surface area contributed by atoms with E-state index in [9.17, 15) is 9.50 Å². The molecule has 0 saturated heterocycles. The number of hydrogen-bond donors (Lipinski definition) is 1. The van der Waals surface area contributed by atoms with E-state index in [1.165, 1.54) is 30.5 Å². The third-order valence-corrected chi connectivity index (χ3v) is 2.51. The molecule has 0 spiro atoms. The zero-order valence-electron chi connectivity index (χ0n) is 8.48. The van der Waals surface area contributed by atoms with Crippen LogP contribution in [0.4, 0.5) is 4.39 Å². The highest BCUT2D eigenvalue weighted by Gasteiger charge is 2.07. The molecule has 0 atom stereocenters. The summed E-state index contributed by atoms with van der Waals surface area (Å²) in [5.41, 5.74) is 1.13. The number of hydrogen-bond acceptors (Lipinski definition) is 3. The molecule has 2 rings (SSSR count). The summed E-state index contributed by atoms with van der Waals surface area (Å²) >= 11 is 5.65. The third kappa shape index (κ3) is 2.19. The number of rotatable bonds is 1. The van der Waals surface area contributed by atoms with E-state index in [1.807, 2.05) is 6.07 Å². The Morgan fingerprint density at radius 1 is 1.35 bits per heavy atom. The molecule has 1 aromatic carbocycles. The molecule has 1 aromatic heterocycles. The van der Waals surface area contributed by atoms with Crippen LogP contribution in [0, 0.1) is 17.1 Å². The minimum atomic E-state index is -0.519. The summed E-state index contributed by atoms with van der Waals surface area (Å²) in [5.74, 6) is -0.709. The molecule has 17 heavy (non-hydrogen) atoms. The average molecular weight is 249 g/mol. The zero-order valence-corrected chi connectivity index (χ0v) is 9.24. The number of pyridine rings is 1. The molecule has 2 aromatic rings. The summed E-state index contributed by atoms with van der Waals surface area (Å²) in [6.07, 6.45) is 1.17. The van der Waals surface area contributed by atoms with Gasteiger partial charge in [-0.05, 0) is 24.3 Å². The van der Waals surface area contributed by atoms with E-state index in [2.05, 4.69) is 4.98 Å². The largest absolute Gasteiger partial charge is 0.505 e. The monoisotopic (exact) mass is 248 g/mol. The van der Waals surface area contributed by atoms with Gasteiger partial charge in [-0.15, -0.1) is 0 Å². The average Bonchev–Trinajstić information content (AvgIpc) is 2.33. The van der Waals surface area contributed by atoms with Gasteiger partial charge in [-0.25, -0.2) is 4.39 Å². The van der Waals surface area contributed by atoms with E-state index in [0.29, 0.717) is 11.3 Å². The first-order valence-corrected chi connectivity index (χ1v) is 5.04. The molecule has 0 aliphatic carbocycles. The van der Waals surface area contributed by atoms with Gasteiger partial charge in [0.05, 0.1) is 22.5 Å². The fourth-order valence-electron chi connectivity index (χ4n) is 1.35. The summed E-state index contributed by atoms with van der Waals surface area (Å²) < 4.78 is 13.0. The first kappa shape index (κ1) is 11.4. The second-order valence-corrected chi connectivity index (χ2v) is 3.73. The molecule has 0 radical (unpaired) electrons. The number of aromatic hydroxyl groups is 1. The topological polar surface area (TPSA) is 56.9 Å². The lowest BCUT2D eigenvalue weighted by molar-refractivity contribution is 0.471. The first-order valence-electron chi connectivity index (χ1n) is 4.66. The van der Waals surface area contributed by atoms with Crippen LogP contribution in [0.2, 0.25) is 5.02 Å². The maximum absolute atomic E-state index is 13.0. The van der Waals surface area contributed by atoms with Gasteiger partial charge in [0, 0.05) is 5.56 Å². The molecule has 0 fully saturated rings. The summed E-state index contributed by atoms with van der Waals surface area (Å²) in [4.78, 5) is 3.95. The van der Waals surface area contributed by atoms with Gasteiger partial charge in [0.15, 0.2) is 5.75 Å². The van der Waals surface area contributed by atoms with Crippen molar-refractivity contribution in [1.82, 2.24) is 4.98 Å². The van der Waals surface area contributed by atoms with Gasteiger partial charge in [0.25, 0.3) is 0 Å². The highest BCUT2D eigenvalue weighted by molar-refractivity contribution is 6.31. The maximum atomic E-state index is 13.0. The maximum Gasteiger partial charge on any atom is 0.151 e. The summed E-state index contributed by atoms with van der Waals surface area (Å²) in [5, 5.41) is 18.1. The van der Waals surface area contributed by atoms with E-state index in [-0.39, 0.29) is 16.3 Å². The van der Waals surface area contributed by atoms with Crippen molar-refractivity contribution in [3.05, 3.63) is 46.9 Å². The molecule has 5 heteroatoms. The Bertz CT molecular complexity index is 622. The molecule has 3 nitrogen and oxygen atoms in total. The van der Waals surface area contributed by atoms with Crippen LogP contribution in [0.3, 0.4) is 0 Å². The van der Waals surface area contributed by atoms with E-state index in [1.54, 1.807) is 0 Å². The van der Waals surface area contributed by atoms with Crippen LogP contribution in [-0.4, -0.2) is 10.1 Å². The lowest BCUT2D eigenvalue weighted by atomic mass is 10.1. The Morgan fingerprint density at radius 2 is 2.12 bits per heavy atom. The molecular weight excluding hydrogens is 243 g/mol. The number of halogens is 2. The van der Waals surface area contributed by atoms with Crippen molar-refractivity contribution >= 4 is 11.6 Å². The molecule has 0 aliphatic heterocycles. The second-order valence-electron chi connectivity index (χ2n) is 3.33. The second kappa shape index (κ2) is 4.40. The molecule has 0 unspecified atom stereocenters. The Hall–Kier alpha value is -2.12. The van der Waals surface area contributed by atoms with Gasteiger partial charge in [-0.3, -0.25) is 4.98 Å². The van der Waals surface area contributed by atoms with Crippen molar-refractivity contribution < 1.29 is 9.50 Å². The van der Waals surface area contributed by atoms with Crippen LogP contribution < -0.4 is 0 Å². The molecule has 0 saturated carbocycles. The Kier molecular flexibility index (Phi) is 2.94. The molecule has 0 amide bonds. The van der Waals surface area contributed by atoms with Crippen LogP contribution in [0.25, 0.3) is 11.3 Å². The lowest BCUT2D eigenvalue weighted by Crippen LogP contribution is -1.87. The minimum Gasteiger partial charge on any atom is -0.505 e. The van der Waals surface area contributed by atoms with Gasteiger partial charge in [-0.2, -0.15) is 5.26 Å². The fraction of sp³-hybridized carbons (Fsp3) is 0. The number of aromatic nitrogens is 1. The molecule has 84 valence electrons. The molecule has 0 bridgehead atoms. The third-order valence-electron chi connectivity index (χ3n) is 2.22. The number of nitrogens with zero attached hydrogens (tertiary/aromatic N) is 2. The summed E-state index contributed by atoms with van der Waals surface area (Å²) in [6, 6.07) is 7.39. The van der Waals surface area contributed by atoms with Gasteiger partial charge in [0.1, 0.15) is 11.9 Å². The van der Waals surface area contributed by atoms with Crippen molar-refractivity contribution in [3.8, 4) is 23.1 Å². The van der Waals surface area contributed by atoms with Gasteiger partial charge >= 0.3 is 0 Å². The Balaban J connectivity index is 2.54. The molecule has 0 aliphatic rings. The SMILES string of the molecule is N#Cc1cc(-c2ccc(F)c(Cl)c2)ncc1O. The van der Waals surface area contributed by atoms with Gasteiger partial charge < -0.3 is 5.11 Å². The molecule has 1 N–H and O–H groups in total. The van der Waals surface area contributed by atoms with Crippen LogP contribution in [0.1, 0.15) is 5.56 Å². The quantitative estimate of drug-likeness (QED) is 0.844. The van der Waals surface area contributed by atoms with Crippen molar-refractivity contribution in [2.45, 2.75) is 0 Å². The normalized spacial score (nSPS) is 9.94. The Morgan fingerprint density at radius 3 is 2.76 bits per heavy atom. The summed E-state index contributed by atoms with van der Waals surface area (Å²) in [7, 11) is 0. The van der Waals surface area contributed by atoms with Gasteiger partial charge in [-0.1, -0.05) is 11.6 Å². The first-order chi connectivity index (χ1) is 8.11. The fourth-order valence-corrected chi connectivity index (χ4v) is 1.53. The Labute approximate surface area is 102 Å². The van der Waals surface area contributed by atoms with E-state index >= 15 is 0 Å². The van der Waals surface area contributed by atoms with Crippen molar-refractivity contribution in [1.29, 1.82) is 5.26 Å². The standard InChI is InChI=1S/C12H6ClFN2O/c13-9-3-7(1-2-10(9)14)11-4-8(5-15)12(17)6-16-11/h1-4,6,17H. The molecular formula is C12H6ClFN2O. The van der Waals surface area contributed by atoms with Crippen LogP contribution >= 0.6 is 11.6 Å². The number of nitriles is 1. The smallest absolute Gasteiger partial charge is 0.151 e. The van der Waals surface area contributed by atoms with Crippen molar-refractivity contribution in [2.75, 3.05) is 0 Å². The lowest BCUT2D eigenvalue weighted by Gasteiger charge is -2.03. The van der Waals surface area contributed by atoms with Crippen LogP contribution in [-0.2, 0) is 0 Å².